The maximum atomic E-state index is 13.0. The molecule has 1 saturated heterocycles. The average Bonchev–Trinajstić information content (AvgIpc) is 3.06. The van der Waals surface area contributed by atoms with Crippen molar-refractivity contribution >= 4 is 11.6 Å². The summed E-state index contributed by atoms with van der Waals surface area (Å²) in [6.07, 6.45) is -1.67. The predicted molar refractivity (Wildman–Crippen MR) is 102 cm³/mol. The van der Waals surface area contributed by atoms with Crippen molar-refractivity contribution in [1.29, 1.82) is 0 Å². The number of hydrogen-bond donors (Lipinski definition) is 0. The minimum Gasteiger partial charge on any atom is -0.353 e. The largest absolute Gasteiger partial charge is 0.416 e. The van der Waals surface area contributed by atoms with E-state index in [0.717, 1.165) is 29.3 Å². The molecule has 29 heavy (non-hydrogen) atoms. The SMILES string of the molecule is Cc1cc(C)n(-c2cc(N3CCN(c4cc(C(F)(F)F)ccn4)CC3)ncn2)n1. The van der Waals surface area contributed by atoms with Gasteiger partial charge in [-0.3, -0.25) is 0 Å². The quantitative estimate of drug-likeness (QED) is 0.670. The molecule has 1 aliphatic rings. The number of pyridine rings is 1. The fourth-order valence-electron chi connectivity index (χ4n) is 3.42. The number of nitrogens with zero attached hydrogens (tertiary/aromatic N) is 7. The summed E-state index contributed by atoms with van der Waals surface area (Å²) < 4.78 is 40.6. The average molecular weight is 403 g/mol. The van der Waals surface area contributed by atoms with Crippen molar-refractivity contribution in [2.45, 2.75) is 20.0 Å². The van der Waals surface area contributed by atoms with E-state index in [4.69, 9.17) is 0 Å². The van der Waals surface area contributed by atoms with Crippen LogP contribution in [0, 0.1) is 13.8 Å². The molecule has 3 aromatic heterocycles. The minimum absolute atomic E-state index is 0.338. The minimum atomic E-state index is -4.38. The van der Waals surface area contributed by atoms with Crippen LogP contribution in [-0.4, -0.2) is 50.9 Å². The van der Waals surface area contributed by atoms with Crippen LogP contribution in [0.4, 0.5) is 24.8 Å². The molecule has 4 rings (SSSR count). The summed E-state index contributed by atoms with van der Waals surface area (Å²) in [5, 5.41) is 4.45. The highest BCUT2D eigenvalue weighted by Crippen LogP contribution is 2.31. The molecule has 0 aromatic carbocycles. The molecule has 0 saturated carbocycles. The molecule has 0 radical (unpaired) electrons. The lowest BCUT2D eigenvalue weighted by molar-refractivity contribution is -0.137. The monoisotopic (exact) mass is 403 g/mol. The van der Waals surface area contributed by atoms with Crippen molar-refractivity contribution in [2.24, 2.45) is 0 Å². The molecule has 0 atom stereocenters. The predicted octanol–water partition coefficient (Wildman–Crippen LogP) is 3.02. The first-order valence-electron chi connectivity index (χ1n) is 9.20. The molecule has 10 heteroatoms. The van der Waals surface area contributed by atoms with Crippen LogP contribution in [0.5, 0.6) is 0 Å². The number of piperazine rings is 1. The summed E-state index contributed by atoms with van der Waals surface area (Å²) in [6.45, 7) is 6.22. The second kappa shape index (κ2) is 7.34. The van der Waals surface area contributed by atoms with Crippen molar-refractivity contribution in [3.63, 3.8) is 0 Å². The first kappa shape index (κ1) is 19.2. The molecule has 3 aromatic rings. The van der Waals surface area contributed by atoms with Gasteiger partial charge in [-0.15, -0.1) is 0 Å². The molecule has 0 bridgehead atoms. The van der Waals surface area contributed by atoms with E-state index in [2.05, 4.69) is 25.0 Å². The van der Waals surface area contributed by atoms with Gasteiger partial charge in [0.25, 0.3) is 0 Å². The second-order valence-electron chi connectivity index (χ2n) is 6.95. The highest BCUT2D eigenvalue weighted by Gasteiger charge is 2.31. The number of rotatable bonds is 3. The van der Waals surface area contributed by atoms with Crippen molar-refractivity contribution in [3.05, 3.63) is 53.7 Å². The van der Waals surface area contributed by atoms with Gasteiger partial charge < -0.3 is 9.80 Å². The fraction of sp³-hybridized carbons (Fsp3) is 0.368. The third-order valence-electron chi connectivity index (χ3n) is 4.87. The first-order chi connectivity index (χ1) is 13.8. The van der Waals surface area contributed by atoms with Crippen LogP contribution in [0.2, 0.25) is 0 Å². The normalized spacial score (nSPS) is 15.1. The third-order valence-corrected chi connectivity index (χ3v) is 4.87. The van der Waals surface area contributed by atoms with Crippen molar-refractivity contribution in [3.8, 4) is 5.82 Å². The van der Waals surface area contributed by atoms with Crippen LogP contribution in [0.25, 0.3) is 5.82 Å². The Morgan fingerprint density at radius 3 is 2.03 bits per heavy atom. The summed E-state index contributed by atoms with van der Waals surface area (Å²) in [5.74, 6) is 1.78. The van der Waals surface area contributed by atoms with Crippen LogP contribution < -0.4 is 9.80 Å². The Morgan fingerprint density at radius 1 is 0.828 bits per heavy atom. The molecule has 4 heterocycles. The van der Waals surface area contributed by atoms with Crippen LogP contribution in [-0.2, 0) is 6.18 Å². The van der Waals surface area contributed by atoms with E-state index in [0.29, 0.717) is 37.8 Å². The molecule has 1 fully saturated rings. The molecule has 0 amide bonds. The molecule has 152 valence electrons. The van der Waals surface area contributed by atoms with E-state index < -0.39 is 11.7 Å². The number of hydrogen-bond acceptors (Lipinski definition) is 6. The standard InChI is InChI=1S/C19H20F3N7/c1-13-9-14(2)29(26-13)18-11-17(24-12-25-18)28-7-5-27(6-8-28)16-10-15(3-4-23-16)19(20,21)22/h3-4,9-12H,5-8H2,1-2H3. The summed E-state index contributed by atoms with van der Waals surface area (Å²) in [6, 6.07) is 5.93. The Kier molecular flexibility index (Phi) is 4.85. The van der Waals surface area contributed by atoms with E-state index in [9.17, 15) is 13.2 Å². The molecule has 1 aliphatic heterocycles. The zero-order chi connectivity index (χ0) is 20.6. The van der Waals surface area contributed by atoms with E-state index in [1.54, 1.807) is 4.68 Å². The topological polar surface area (TPSA) is 63.0 Å². The van der Waals surface area contributed by atoms with Crippen LogP contribution in [0.15, 0.2) is 36.8 Å². The van der Waals surface area contributed by atoms with Gasteiger partial charge in [0.15, 0.2) is 5.82 Å². The highest BCUT2D eigenvalue weighted by molar-refractivity contribution is 5.48. The third kappa shape index (κ3) is 4.01. The number of alkyl halides is 3. The molecule has 0 N–H and O–H groups in total. The zero-order valence-electron chi connectivity index (χ0n) is 16.1. The van der Waals surface area contributed by atoms with E-state index >= 15 is 0 Å². The Morgan fingerprint density at radius 2 is 1.45 bits per heavy atom. The Bertz CT molecular complexity index is 1010. The number of aromatic nitrogens is 5. The van der Waals surface area contributed by atoms with Crippen molar-refractivity contribution in [1.82, 2.24) is 24.7 Å². The summed E-state index contributed by atoms with van der Waals surface area (Å²) in [4.78, 5) is 16.7. The lowest BCUT2D eigenvalue weighted by Gasteiger charge is -2.36. The van der Waals surface area contributed by atoms with Crippen LogP contribution >= 0.6 is 0 Å². The van der Waals surface area contributed by atoms with E-state index in [1.807, 2.05) is 30.9 Å². The van der Waals surface area contributed by atoms with Gasteiger partial charge in [0.2, 0.25) is 0 Å². The second-order valence-corrected chi connectivity index (χ2v) is 6.95. The molecule has 7 nitrogen and oxygen atoms in total. The molecule has 0 aliphatic carbocycles. The van der Waals surface area contributed by atoms with Crippen molar-refractivity contribution in [2.75, 3.05) is 36.0 Å². The summed E-state index contributed by atoms with van der Waals surface area (Å²) in [5.41, 5.74) is 1.20. The number of halogens is 3. The van der Waals surface area contributed by atoms with Gasteiger partial charge in [-0.25, -0.2) is 19.6 Å². The van der Waals surface area contributed by atoms with Crippen molar-refractivity contribution < 1.29 is 13.2 Å². The zero-order valence-corrected chi connectivity index (χ0v) is 16.1. The van der Waals surface area contributed by atoms with Crippen LogP contribution in [0.1, 0.15) is 17.0 Å². The van der Waals surface area contributed by atoms with E-state index in [-0.39, 0.29) is 0 Å². The van der Waals surface area contributed by atoms with Gasteiger partial charge in [-0.2, -0.15) is 18.3 Å². The summed E-state index contributed by atoms with van der Waals surface area (Å²) in [7, 11) is 0. The Labute approximate surface area is 165 Å². The van der Waals surface area contributed by atoms with Gasteiger partial charge in [0.1, 0.15) is 18.0 Å². The lowest BCUT2D eigenvalue weighted by Crippen LogP contribution is -2.47. The molecule has 0 spiro atoms. The molecular formula is C19H20F3N7. The highest BCUT2D eigenvalue weighted by atomic mass is 19.4. The van der Waals surface area contributed by atoms with Gasteiger partial charge in [0.05, 0.1) is 11.3 Å². The van der Waals surface area contributed by atoms with Gasteiger partial charge in [0, 0.05) is 44.1 Å². The fourth-order valence-corrected chi connectivity index (χ4v) is 3.42. The van der Waals surface area contributed by atoms with Gasteiger partial charge in [-0.1, -0.05) is 0 Å². The first-order valence-corrected chi connectivity index (χ1v) is 9.20. The number of aryl methyl sites for hydroxylation is 2. The maximum Gasteiger partial charge on any atom is 0.416 e. The summed E-state index contributed by atoms with van der Waals surface area (Å²) >= 11 is 0. The Balaban J connectivity index is 1.48. The molecular weight excluding hydrogens is 383 g/mol. The number of anilines is 2. The van der Waals surface area contributed by atoms with Crippen LogP contribution in [0.3, 0.4) is 0 Å². The Hall–Kier alpha value is -3.17. The smallest absolute Gasteiger partial charge is 0.353 e. The van der Waals surface area contributed by atoms with Gasteiger partial charge >= 0.3 is 6.18 Å². The van der Waals surface area contributed by atoms with E-state index in [1.165, 1.54) is 12.5 Å². The maximum absolute atomic E-state index is 13.0. The lowest BCUT2D eigenvalue weighted by atomic mass is 10.2. The van der Waals surface area contributed by atoms with Gasteiger partial charge in [-0.05, 0) is 32.0 Å². The molecule has 0 unspecified atom stereocenters.